The van der Waals surface area contributed by atoms with Crippen LogP contribution in [0.15, 0.2) is 0 Å². The Bertz CT molecular complexity index is 227. The zero-order valence-electron chi connectivity index (χ0n) is 8.62. The van der Waals surface area contributed by atoms with Gasteiger partial charge in [-0.3, -0.25) is 4.79 Å². The molecule has 2 bridgehead atoms. The van der Waals surface area contributed by atoms with Crippen molar-refractivity contribution in [2.75, 3.05) is 0 Å². The Morgan fingerprint density at radius 3 is 2.67 bits per heavy atom. The maximum Gasteiger partial charge on any atom is 0.306 e. The van der Waals surface area contributed by atoms with Crippen molar-refractivity contribution in [3.63, 3.8) is 0 Å². The van der Waals surface area contributed by atoms with Crippen LogP contribution in [0.4, 0.5) is 0 Å². The third kappa shape index (κ3) is 0.900. The van der Waals surface area contributed by atoms with Gasteiger partial charge in [0.05, 0.1) is 5.92 Å². The lowest BCUT2D eigenvalue weighted by Crippen LogP contribution is -2.29. The summed E-state index contributed by atoms with van der Waals surface area (Å²) in [6.45, 7) is 4.50. The predicted molar refractivity (Wildman–Crippen MR) is 45.7 cm³/mol. The summed E-state index contributed by atoms with van der Waals surface area (Å²) in [5, 5.41) is 4.08. The fraction of sp³-hybridized carbons (Fsp3) is 0.900. The quantitative estimate of drug-likeness (QED) is 0.652. The minimum atomic E-state index is -0.314. The number of hydrogen-bond acceptors (Lipinski definition) is 2. The summed E-state index contributed by atoms with van der Waals surface area (Å²) in [4.78, 5) is 11.2. The molecule has 2 nitrogen and oxygen atoms in total. The van der Waals surface area contributed by atoms with Gasteiger partial charge in [0.2, 0.25) is 0 Å². The van der Waals surface area contributed by atoms with E-state index in [9.17, 15) is 4.79 Å². The molecule has 2 saturated carbocycles. The molecular weight excluding hydrogens is 152 g/mol. The van der Waals surface area contributed by atoms with E-state index in [1.54, 1.807) is 0 Å². The second-order valence-corrected chi connectivity index (χ2v) is 4.54. The summed E-state index contributed by atoms with van der Waals surface area (Å²) < 4.78 is 6.62. The van der Waals surface area contributed by atoms with Crippen molar-refractivity contribution in [2.24, 2.45) is 29.6 Å². The Morgan fingerprint density at radius 2 is 2.17 bits per heavy atom. The molecule has 2 aliphatic carbocycles. The molecule has 12 heavy (non-hydrogen) atoms. The number of carboxylic acid groups (broad SMARTS) is 1. The third-order valence-corrected chi connectivity index (χ3v) is 4.20. The maximum absolute atomic E-state index is 11.2. The molecule has 5 atom stereocenters. The van der Waals surface area contributed by atoms with Crippen molar-refractivity contribution in [1.82, 2.24) is 0 Å². The number of rotatable bonds is 1. The highest BCUT2D eigenvalue weighted by Gasteiger charge is 2.51. The van der Waals surface area contributed by atoms with Crippen LogP contribution in [-0.4, -0.2) is 11.1 Å². The number of hydrogen-bond donors (Lipinski definition) is 1. The third-order valence-electron chi connectivity index (χ3n) is 4.20. The molecule has 2 rings (SSSR count). The molecule has 2 fully saturated rings. The second-order valence-electron chi connectivity index (χ2n) is 4.54. The van der Waals surface area contributed by atoms with Gasteiger partial charge in [-0.05, 0) is 36.5 Å². The van der Waals surface area contributed by atoms with Gasteiger partial charge in [0.15, 0.2) is 0 Å². The highest BCUT2D eigenvalue weighted by Crippen LogP contribution is 2.54. The van der Waals surface area contributed by atoms with Crippen molar-refractivity contribution in [3.05, 3.63) is 0 Å². The van der Waals surface area contributed by atoms with Crippen LogP contribution in [0.1, 0.15) is 26.7 Å². The van der Waals surface area contributed by atoms with E-state index in [-0.39, 0.29) is 11.9 Å². The highest BCUT2D eigenvalue weighted by atomic mass is 16.4. The minimum Gasteiger partial charge on any atom is -0.481 e. The summed E-state index contributed by atoms with van der Waals surface area (Å²) in [5.74, 6) is 2.27. The predicted octanol–water partition coefficient (Wildman–Crippen LogP) is 2.00. The highest BCUT2D eigenvalue weighted by molar-refractivity contribution is 5.71. The molecule has 0 aliphatic heterocycles. The van der Waals surface area contributed by atoms with Crippen molar-refractivity contribution < 1.29 is 9.90 Å². The van der Waals surface area contributed by atoms with Gasteiger partial charge in [0.1, 0.15) is 0 Å². The van der Waals surface area contributed by atoms with E-state index in [2.05, 4.69) is 19.0 Å². The summed E-state index contributed by atoms with van der Waals surface area (Å²) in [5.41, 5.74) is 0. The Labute approximate surface area is 74.5 Å². The molecule has 68 valence electrons. The number of carboxylic acids is 1. The molecule has 0 aromatic heterocycles. The first-order valence-electron chi connectivity index (χ1n) is 5.23. The van der Waals surface area contributed by atoms with E-state index in [4.69, 9.17) is 1.43 Å². The fourth-order valence-corrected chi connectivity index (χ4v) is 3.21. The SMILES string of the molecule is [2H]OC(=O)C1CC2CC1C(C)C2C. The molecule has 0 amide bonds. The molecule has 1 N–H and O–H groups in total. The molecular formula is C10H16O2. The van der Waals surface area contributed by atoms with Gasteiger partial charge < -0.3 is 5.11 Å². The number of aliphatic carboxylic acids is 1. The van der Waals surface area contributed by atoms with Gasteiger partial charge in [0, 0.05) is 0 Å². The van der Waals surface area contributed by atoms with Crippen LogP contribution in [0, 0.1) is 29.6 Å². The van der Waals surface area contributed by atoms with Gasteiger partial charge in [-0.25, -0.2) is 0 Å². The number of carbonyl (C=O) groups is 1. The standard InChI is InChI=1S/C10H16O2/c1-5-6(2)8-3-7(5)4-9(8)10(11)12/h5-9H,3-4H2,1-2H3,(H,11,12)/i/hD. The molecule has 0 aromatic rings. The smallest absolute Gasteiger partial charge is 0.306 e. The van der Waals surface area contributed by atoms with Gasteiger partial charge in [-0.15, -0.1) is 0 Å². The van der Waals surface area contributed by atoms with Gasteiger partial charge in [-0.2, -0.15) is 0 Å². The number of fused-ring (bicyclic) bond motifs is 2. The molecule has 0 heterocycles. The maximum atomic E-state index is 11.2. The zero-order chi connectivity index (χ0) is 9.59. The molecule has 0 radical (unpaired) electrons. The Kier molecular flexibility index (Phi) is 1.43. The fourth-order valence-electron chi connectivity index (χ4n) is 3.21. The summed E-state index contributed by atoms with van der Waals surface area (Å²) in [6, 6.07) is 0. The van der Waals surface area contributed by atoms with Gasteiger partial charge in [0.25, 0.3) is 1.43 Å². The largest absolute Gasteiger partial charge is 0.481 e. The summed E-state index contributed by atoms with van der Waals surface area (Å²) in [6.07, 6.45) is 2.12. The van der Waals surface area contributed by atoms with Crippen LogP contribution < -0.4 is 0 Å². The van der Waals surface area contributed by atoms with Crippen LogP contribution in [0.25, 0.3) is 1.43 Å². The van der Waals surface area contributed by atoms with E-state index in [0.717, 1.165) is 12.3 Å². The van der Waals surface area contributed by atoms with Crippen molar-refractivity contribution in [2.45, 2.75) is 26.7 Å². The second kappa shape index (κ2) is 2.48. The van der Waals surface area contributed by atoms with Crippen LogP contribution in [0.3, 0.4) is 0 Å². The van der Waals surface area contributed by atoms with Crippen LogP contribution in [0.2, 0.25) is 0 Å². The molecule has 0 saturated heterocycles. The van der Waals surface area contributed by atoms with Crippen molar-refractivity contribution in [3.8, 4) is 0 Å². The van der Waals surface area contributed by atoms with E-state index in [1.807, 2.05) is 0 Å². The normalized spacial score (nSPS) is 52.2. The average Bonchev–Trinajstić information content (AvgIpc) is 2.67. The zero-order valence-corrected chi connectivity index (χ0v) is 7.62. The van der Waals surface area contributed by atoms with E-state index < -0.39 is 0 Å². The van der Waals surface area contributed by atoms with E-state index >= 15 is 0 Å². The first-order valence-corrected chi connectivity index (χ1v) is 4.82. The lowest BCUT2D eigenvalue weighted by Gasteiger charge is -2.29. The molecule has 0 aromatic carbocycles. The van der Waals surface area contributed by atoms with Crippen LogP contribution in [-0.2, 0) is 4.79 Å². The monoisotopic (exact) mass is 169 g/mol. The Balaban J connectivity index is 2.10. The van der Waals surface area contributed by atoms with Crippen LogP contribution in [0.5, 0.6) is 0 Å². The van der Waals surface area contributed by atoms with Gasteiger partial charge in [-0.1, -0.05) is 13.8 Å². The van der Waals surface area contributed by atoms with E-state index in [0.29, 0.717) is 17.8 Å². The molecule has 0 spiro atoms. The topological polar surface area (TPSA) is 37.3 Å². The minimum absolute atomic E-state index is 0.0219. The van der Waals surface area contributed by atoms with Crippen molar-refractivity contribution >= 4 is 5.97 Å². The molecule has 5 unspecified atom stereocenters. The van der Waals surface area contributed by atoms with Crippen molar-refractivity contribution in [1.29, 1.82) is 1.43 Å². The average molecular weight is 169 g/mol. The summed E-state index contributed by atoms with van der Waals surface area (Å²) >= 11 is 0. The first-order chi connectivity index (χ1) is 6.15. The first kappa shape index (κ1) is 6.93. The summed E-state index contributed by atoms with van der Waals surface area (Å²) in [7, 11) is 0. The molecule has 2 heteroatoms. The van der Waals surface area contributed by atoms with E-state index in [1.165, 1.54) is 6.42 Å². The van der Waals surface area contributed by atoms with Gasteiger partial charge >= 0.3 is 5.97 Å². The molecule has 2 aliphatic rings. The Morgan fingerprint density at radius 1 is 1.42 bits per heavy atom. The lowest BCUT2D eigenvalue weighted by atomic mass is 9.76. The van der Waals surface area contributed by atoms with Crippen LogP contribution >= 0.6 is 0 Å². The Hall–Kier alpha value is -0.530. The lowest BCUT2D eigenvalue weighted by molar-refractivity contribution is -0.144.